The number of phosphoric ester groups is 1. The maximum absolute atomic E-state index is 12.8. The first kappa shape index (κ1) is 62.1. The van der Waals surface area contributed by atoms with Crippen molar-refractivity contribution in [3.05, 3.63) is 109 Å². The summed E-state index contributed by atoms with van der Waals surface area (Å²) in [7, 11) is -4.78. The topological polar surface area (TPSA) is 155 Å². The number of phosphoric acid groups is 1. The number of aliphatic hydroxyl groups is 1. The lowest BCUT2D eigenvalue weighted by Gasteiger charge is -2.21. The highest BCUT2D eigenvalue weighted by Gasteiger charge is 2.28. The monoisotopic (exact) mass is 943 g/mol. The average molecular weight is 943 g/mol. The predicted octanol–water partition coefficient (Wildman–Crippen LogP) is 13.9. The van der Waals surface area contributed by atoms with E-state index in [0.717, 1.165) is 103 Å². The second kappa shape index (κ2) is 47.6. The standard InChI is InChI=1S/C54H87O11P/c1-4-7-10-13-16-19-22-24-25-27-30-33-36-39-42-45-54(58)65-51(47-61-52(56)43-40-37-34-31-28-21-18-15-12-9-6-3)49-63-66(59,60)62-48-50(46-55)64-53(57)44-41-38-35-32-29-26-23-20-17-14-11-8-5-2/h7-8,10-11,15-20,24-26,29-30,33,39,42,50-51,55H,4-6,9,12-14,21-23,27-28,31-32,34-38,40-41,43-49H2,1-3H3,(H,59,60)/b10-7-,11-8-,18-15-,19-16-,20-17-,25-24-,29-26-,33-30-,42-39-. The molecule has 2 N–H and O–H groups in total. The molecule has 0 aliphatic heterocycles. The van der Waals surface area contributed by atoms with E-state index in [1.165, 1.54) is 12.8 Å². The maximum Gasteiger partial charge on any atom is 0.472 e. The van der Waals surface area contributed by atoms with E-state index in [0.29, 0.717) is 19.3 Å². The fourth-order valence-corrected chi connectivity index (χ4v) is 6.74. The van der Waals surface area contributed by atoms with E-state index in [-0.39, 0.29) is 25.9 Å². The average Bonchev–Trinajstić information content (AvgIpc) is 3.30. The molecule has 0 spiro atoms. The fraction of sp³-hybridized carbons (Fsp3) is 0.611. The minimum Gasteiger partial charge on any atom is -0.462 e. The van der Waals surface area contributed by atoms with Crippen LogP contribution in [0.2, 0.25) is 0 Å². The van der Waals surface area contributed by atoms with Crippen molar-refractivity contribution in [3.8, 4) is 0 Å². The van der Waals surface area contributed by atoms with Crippen LogP contribution in [-0.4, -0.2) is 66.5 Å². The molecule has 0 bridgehead atoms. The fourth-order valence-electron chi connectivity index (χ4n) is 5.95. The third-order valence-corrected chi connectivity index (χ3v) is 10.6. The largest absolute Gasteiger partial charge is 0.472 e. The SMILES string of the molecule is CC/C=C\C/C=C\C/C=C\C/C=C\C/C=C\CC(=O)OC(COC(=O)CCCCCCC/C=C\CCCC)COP(=O)(O)OCC(CO)OC(=O)CCCCC/C=C\C/C=C\C/C=C\CC. The van der Waals surface area contributed by atoms with E-state index in [4.69, 9.17) is 23.3 Å². The van der Waals surface area contributed by atoms with Crippen molar-refractivity contribution in [3.63, 3.8) is 0 Å². The van der Waals surface area contributed by atoms with Crippen LogP contribution in [0.3, 0.4) is 0 Å². The Balaban J connectivity index is 4.92. The first-order valence-electron chi connectivity index (χ1n) is 24.8. The van der Waals surface area contributed by atoms with Crippen molar-refractivity contribution in [1.82, 2.24) is 0 Å². The van der Waals surface area contributed by atoms with Crippen LogP contribution >= 0.6 is 7.82 Å². The van der Waals surface area contributed by atoms with Crippen LogP contribution in [0.4, 0.5) is 0 Å². The Morgan fingerprint density at radius 2 is 0.848 bits per heavy atom. The maximum atomic E-state index is 12.8. The molecule has 12 heteroatoms. The Labute approximate surface area is 399 Å². The van der Waals surface area contributed by atoms with Crippen LogP contribution in [0.1, 0.15) is 175 Å². The molecular formula is C54H87O11P. The lowest BCUT2D eigenvalue weighted by molar-refractivity contribution is -0.160. The third kappa shape index (κ3) is 45.3. The number of carbonyl (C=O) groups excluding carboxylic acids is 3. The molecule has 66 heavy (non-hydrogen) atoms. The molecule has 0 aromatic carbocycles. The van der Waals surface area contributed by atoms with Crippen molar-refractivity contribution in [2.75, 3.05) is 26.4 Å². The van der Waals surface area contributed by atoms with Crippen molar-refractivity contribution < 1.29 is 52.2 Å². The molecule has 3 atom stereocenters. The van der Waals surface area contributed by atoms with Crippen molar-refractivity contribution in [2.45, 2.75) is 187 Å². The van der Waals surface area contributed by atoms with Gasteiger partial charge in [-0.05, 0) is 96.3 Å². The van der Waals surface area contributed by atoms with Gasteiger partial charge in [-0.15, -0.1) is 0 Å². The molecule has 0 rings (SSSR count). The molecule has 0 aromatic heterocycles. The number of allylic oxidation sites excluding steroid dienone is 17. The summed E-state index contributed by atoms with van der Waals surface area (Å²) in [5.41, 5.74) is 0. The van der Waals surface area contributed by atoms with Gasteiger partial charge in [0.25, 0.3) is 0 Å². The Hall–Kier alpha value is -3.86. The zero-order valence-corrected chi connectivity index (χ0v) is 41.8. The lowest BCUT2D eigenvalue weighted by atomic mass is 10.1. The summed E-state index contributed by atoms with van der Waals surface area (Å²) in [5, 5.41) is 9.75. The van der Waals surface area contributed by atoms with Crippen LogP contribution in [-0.2, 0) is 42.2 Å². The number of hydrogen-bond donors (Lipinski definition) is 2. The summed E-state index contributed by atoms with van der Waals surface area (Å²) in [6.07, 6.45) is 55.3. The second-order valence-electron chi connectivity index (χ2n) is 15.9. The number of hydrogen-bond acceptors (Lipinski definition) is 10. The van der Waals surface area contributed by atoms with E-state index >= 15 is 0 Å². The first-order chi connectivity index (χ1) is 32.2. The van der Waals surface area contributed by atoms with Crippen molar-refractivity contribution in [2.24, 2.45) is 0 Å². The van der Waals surface area contributed by atoms with Crippen molar-refractivity contribution >= 4 is 25.7 Å². The molecule has 0 aliphatic carbocycles. The zero-order chi connectivity index (χ0) is 48.4. The normalized spacial score (nSPS) is 14.4. The quantitative estimate of drug-likeness (QED) is 0.0197. The van der Waals surface area contributed by atoms with Gasteiger partial charge in [-0.25, -0.2) is 4.57 Å². The summed E-state index contributed by atoms with van der Waals surface area (Å²) in [4.78, 5) is 48.1. The highest BCUT2D eigenvalue weighted by molar-refractivity contribution is 7.47. The highest BCUT2D eigenvalue weighted by Crippen LogP contribution is 2.43. The Morgan fingerprint density at radius 3 is 1.36 bits per heavy atom. The molecule has 0 saturated carbocycles. The number of carbonyl (C=O) groups is 3. The smallest absolute Gasteiger partial charge is 0.462 e. The number of rotatable bonds is 44. The number of esters is 3. The van der Waals surface area contributed by atoms with E-state index in [9.17, 15) is 28.9 Å². The number of aliphatic hydroxyl groups excluding tert-OH is 1. The molecular weight excluding hydrogens is 856 g/mol. The van der Waals surface area contributed by atoms with Gasteiger partial charge >= 0.3 is 25.7 Å². The molecule has 374 valence electrons. The first-order valence-corrected chi connectivity index (χ1v) is 26.3. The minimum absolute atomic E-state index is 0.0736. The van der Waals surface area contributed by atoms with Crippen molar-refractivity contribution in [1.29, 1.82) is 0 Å². The summed E-state index contributed by atoms with van der Waals surface area (Å²) in [6.45, 7) is 4.17. The van der Waals surface area contributed by atoms with Gasteiger partial charge in [-0.3, -0.25) is 23.4 Å². The molecule has 0 radical (unpaired) electrons. The van der Waals surface area contributed by atoms with Gasteiger partial charge in [-0.2, -0.15) is 0 Å². The van der Waals surface area contributed by atoms with Crippen LogP contribution in [0, 0.1) is 0 Å². The Bertz CT molecular complexity index is 1520. The molecule has 0 aliphatic rings. The van der Waals surface area contributed by atoms with Gasteiger partial charge in [0.2, 0.25) is 0 Å². The van der Waals surface area contributed by atoms with Crippen LogP contribution in [0.5, 0.6) is 0 Å². The zero-order valence-electron chi connectivity index (χ0n) is 40.9. The summed E-state index contributed by atoms with van der Waals surface area (Å²) in [5.74, 6) is -1.68. The molecule has 0 aromatic rings. The van der Waals surface area contributed by atoms with Crippen LogP contribution < -0.4 is 0 Å². The molecule has 0 saturated heterocycles. The van der Waals surface area contributed by atoms with E-state index < -0.39 is 57.8 Å². The highest BCUT2D eigenvalue weighted by atomic mass is 31.2. The van der Waals surface area contributed by atoms with Gasteiger partial charge in [0.15, 0.2) is 6.10 Å². The molecule has 11 nitrogen and oxygen atoms in total. The summed E-state index contributed by atoms with van der Waals surface area (Å²) in [6, 6.07) is 0. The minimum atomic E-state index is -4.78. The summed E-state index contributed by atoms with van der Waals surface area (Å²) < 4.78 is 39.1. The molecule has 0 fully saturated rings. The molecule has 3 unspecified atom stereocenters. The Kier molecular flexibility index (Phi) is 44.8. The van der Waals surface area contributed by atoms with Gasteiger partial charge in [0, 0.05) is 12.8 Å². The van der Waals surface area contributed by atoms with E-state index in [1.807, 2.05) is 18.2 Å². The van der Waals surface area contributed by atoms with Gasteiger partial charge in [0.1, 0.15) is 12.7 Å². The Morgan fingerprint density at radius 1 is 0.455 bits per heavy atom. The van der Waals surface area contributed by atoms with Crippen LogP contribution in [0.25, 0.3) is 0 Å². The molecule has 0 amide bonds. The lowest BCUT2D eigenvalue weighted by Crippen LogP contribution is -2.30. The van der Waals surface area contributed by atoms with Gasteiger partial charge < -0.3 is 24.2 Å². The number of ether oxygens (including phenoxy) is 3. The van der Waals surface area contributed by atoms with E-state index in [2.05, 4.69) is 106 Å². The van der Waals surface area contributed by atoms with Gasteiger partial charge in [-0.1, -0.05) is 169 Å². The third-order valence-electron chi connectivity index (χ3n) is 9.69. The predicted molar refractivity (Wildman–Crippen MR) is 270 cm³/mol. The summed E-state index contributed by atoms with van der Waals surface area (Å²) >= 11 is 0. The number of unbranched alkanes of at least 4 members (excludes halogenated alkanes) is 10. The molecule has 0 heterocycles. The van der Waals surface area contributed by atoms with Gasteiger partial charge in [0.05, 0.1) is 26.2 Å². The van der Waals surface area contributed by atoms with E-state index in [1.54, 1.807) is 6.08 Å². The van der Waals surface area contributed by atoms with Crippen LogP contribution in [0.15, 0.2) is 109 Å². The second-order valence-corrected chi connectivity index (χ2v) is 17.3.